The van der Waals surface area contributed by atoms with Gasteiger partial charge in [-0.1, -0.05) is 11.6 Å². The quantitative estimate of drug-likeness (QED) is 0.526. The van der Waals surface area contributed by atoms with Crippen LogP contribution in [0.5, 0.6) is 11.5 Å². The molecule has 0 aliphatic heterocycles. The molecule has 0 atom stereocenters. The smallest absolute Gasteiger partial charge is 0.387 e. The fraction of sp³-hybridized carbons (Fsp3) is 0.238. The second-order valence-corrected chi connectivity index (χ2v) is 6.77. The average Bonchev–Trinajstić information content (AvgIpc) is 2.97. The largest absolute Gasteiger partial charge is 0.495 e. The minimum absolute atomic E-state index is 0.0505. The first-order chi connectivity index (χ1) is 14.3. The third-order valence-corrected chi connectivity index (χ3v) is 4.98. The Morgan fingerprint density at radius 2 is 1.80 bits per heavy atom. The van der Waals surface area contributed by atoms with Gasteiger partial charge in [0.1, 0.15) is 11.5 Å². The van der Waals surface area contributed by atoms with E-state index in [1.54, 1.807) is 19.1 Å². The molecule has 0 unspecified atom stereocenters. The first-order valence-electron chi connectivity index (χ1n) is 8.80. The zero-order chi connectivity index (χ0) is 22.0. The summed E-state index contributed by atoms with van der Waals surface area (Å²) in [6, 6.07) is 8.58. The Morgan fingerprint density at radius 1 is 1.13 bits per heavy atom. The first-order valence-corrected chi connectivity index (χ1v) is 9.18. The SMILES string of the molecule is COC(=O)Cc1c(C)n(C(=O)c2ccc(OC(F)F)cc2)c2cc(Cl)c(OC)cc12. The molecule has 0 aliphatic carbocycles. The molecule has 2 aromatic carbocycles. The number of halogens is 3. The van der Waals surface area contributed by atoms with Gasteiger partial charge in [0, 0.05) is 16.6 Å². The van der Waals surface area contributed by atoms with E-state index < -0.39 is 18.5 Å². The lowest BCUT2D eigenvalue weighted by Gasteiger charge is -2.10. The Balaban J connectivity index is 2.14. The van der Waals surface area contributed by atoms with E-state index >= 15 is 0 Å². The molecule has 0 amide bonds. The number of benzene rings is 2. The summed E-state index contributed by atoms with van der Waals surface area (Å²) < 4.78 is 40.5. The van der Waals surface area contributed by atoms with E-state index in [9.17, 15) is 18.4 Å². The number of esters is 1. The Labute approximate surface area is 175 Å². The number of methoxy groups -OCH3 is 2. The molecule has 0 spiro atoms. The zero-order valence-electron chi connectivity index (χ0n) is 16.4. The minimum Gasteiger partial charge on any atom is -0.495 e. The summed E-state index contributed by atoms with van der Waals surface area (Å²) >= 11 is 6.26. The lowest BCUT2D eigenvalue weighted by Crippen LogP contribution is -2.14. The van der Waals surface area contributed by atoms with E-state index in [0.29, 0.717) is 32.9 Å². The highest BCUT2D eigenvalue weighted by Gasteiger charge is 2.23. The van der Waals surface area contributed by atoms with Crippen LogP contribution >= 0.6 is 11.6 Å². The van der Waals surface area contributed by atoms with Crippen molar-refractivity contribution >= 4 is 34.4 Å². The van der Waals surface area contributed by atoms with Crippen molar-refractivity contribution < 1.29 is 32.6 Å². The molecule has 0 N–H and O–H groups in total. The molecular weight excluding hydrogens is 420 g/mol. The van der Waals surface area contributed by atoms with Crippen LogP contribution in [0.1, 0.15) is 21.6 Å². The van der Waals surface area contributed by atoms with Gasteiger partial charge in [-0.25, -0.2) is 0 Å². The van der Waals surface area contributed by atoms with Crippen molar-refractivity contribution in [2.24, 2.45) is 0 Å². The van der Waals surface area contributed by atoms with E-state index in [-0.39, 0.29) is 17.7 Å². The Morgan fingerprint density at radius 3 is 2.37 bits per heavy atom. The van der Waals surface area contributed by atoms with Crippen molar-refractivity contribution in [3.63, 3.8) is 0 Å². The van der Waals surface area contributed by atoms with Crippen LogP contribution in [0.15, 0.2) is 36.4 Å². The fourth-order valence-electron chi connectivity index (χ4n) is 3.25. The number of alkyl halides is 2. The molecule has 0 bridgehead atoms. The predicted octanol–water partition coefficient (Wildman–Crippen LogP) is 4.62. The number of rotatable bonds is 6. The van der Waals surface area contributed by atoms with Gasteiger partial charge >= 0.3 is 12.6 Å². The van der Waals surface area contributed by atoms with Crippen molar-refractivity contribution in [1.82, 2.24) is 4.57 Å². The summed E-state index contributed by atoms with van der Waals surface area (Å²) in [6.45, 7) is -1.26. The van der Waals surface area contributed by atoms with Gasteiger partial charge in [-0.2, -0.15) is 8.78 Å². The van der Waals surface area contributed by atoms with Crippen LogP contribution < -0.4 is 9.47 Å². The fourth-order valence-corrected chi connectivity index (χ4v) is 3.48. The van der Waals surface area contributed by atoms with Gasteiger partial charge in [-0.05, 0) is 48.9 Å². The number of fused-ring (bicyclic) bond motifs is 1. The molecule has 0 radical (unpaired) electrons. The van der Waals surface area contributed by atoms with Crippen LogP contribution in [0, 0.1) is 6.92 Å². The molecule has 0 saturated heterocycles. The molecule has 9 heteroatoms. The standard InChI is InChI=1S/C21H18ClF2NO5/c1-11-14(9-19(26)29-3)15-8-18(28-2)16(22)10-17(15)25(11)20(27)12-4-6-13(7-5-12)30-21(23)24/h4-8,10,21H,9H2,1-3H3. The van der Waals surface area contributed by atoms with Gasteiger partial charge in [0.2, 0.25) is 0 Å². The van der Waals surface area contributed by atoms with Gasteiger partial charge in [-0.15, -0.1) is 0 Å². The molecular formula is C21H18ClF2NO5. The molecule has 0 saturated carbocycles. The highest BCUT2D eigenvalue weighted by Crippen LogP contribution is 2.35. The summed E-state index contributed by atoms with van der Waals surface area (Å²) in [7, 11) is 2.74. The van der Waals surface area contributed by atoms with Crippen LogP contribution in [0.25, 0.3) is 10.9 Å². The van der Waals surface area contributed by atoms with E-state index in [1.165, 1.54) is 43.1 Å². The third-order valence-electron chi connectivity index (χ3n) is 4.69. The van der Waals surface area contributed by atoms with Crippen molar-refractivity contribution in [2.45, 2.75) is 20.0 Å². The summed E-state index contributed by atoms with van der Waals surface area (Å²) in [5, 5.41) is 0.909. The van der Waals surface area contributed by atoms with Gasteiger partial charge in [0.15, 0.2) is 0 Å². The van der Waals surface area contributed by atoms with Crippen LogP contribution in [-0.2, 0) is 16.0 Å². The zero-order valence-corrected chi connectivity index (χ0v) is 17.1. The van der Waals surface area contributed by atoms with Crippen molar-refractivity contribution in [1.29, 1.82) is 0 Å². The Kier molecular flexibility index (Phi) is 6.26. The van der Waals surface area contributed by atoms with Gasteiger partial charge in [-0.3, -0.25) is 14.2 Å². The summed E-state index contributed by atoms with van der Waals surface area (Å²) in [4.78, 5) is 25.2. The van der Waals surface area contributed by atoms with Gasteiger partial charge in [0.25, 0.3) is 5.91 Å². The number of aromatic nitrogens is 1. The number of hydrogen-bond acceptors (Lipinski definition) is 5. The van der Waals surface area contributed by atoms with Crippen LogP contribution in [0.3, 0.4) is 0 Å². The van der Waals surface area contributed by atoms with E-state index in [2.05, 4.69) is 4.74 Å². The maximum Gasteiger partial charge on any atom is 0.387 e. The predicted molar refractivity (Wildman–Crippen MR) is 107 cm³/mol. The molecule has 30 heavy (non-hydrogen) atoms. The topological polar surface area (TPSA) is 66.8 Å². The summed E-state index contributed by atoms with van der Waals surface area (Å²) in [5.41, 5.74) is 1.85. The number of ether oxygens (including phenoxy) is 3. The summed E-state index contributed by atoms with van der Waals surface area (Å²) in [6.07, 6.45) is -0.0505. The molecule has 0 aliphatic rings. The molecule has 6 nitrogen and oxygen atoms in total. The highest BCUT2D eigenvalue weighted by molar-refractivity contribution is 6.33. The van der Waals surface area contributed by atoms with Crippen LogP contribution in [0.4, 0.5) is 8.78 Å². The van der Waals surface area contributed by atoms with Crippen molar-refractivity contribution in [3.05, 3.63) is 58.2 Å². The lowest BCUT2D eigenvalue weighted by atomic mass is 10.1. The average molecular weight is 438 g/mol. The lowest BCUT2D eigenvalue weighted by molar-refractivity contribution is -0.139. The second kappa shape index (κ2) is 8.71. The van der Waals surface area contributed by atoms with Crippen molar-refractivity contribution in [2.75, 3.05) is 14.2 Å². The maximum atomic E-state index is 13.2. The van der Waals surface area contributed by atoms with Gasteiger partial charge < -0.3 is 14.2 Å². The number of carbonyl (C=O) groups is 2. The van der Waals surface area contributed by atoms with Crippen molar-refractivity contribution in [3.8, 4) is 11.5 Å². The van der Waals surface area contributed by atoms with Crippen LogP contribution in [-0.4, -0.2) is 37.3 Å². The molecule has 0 fully saturated rings. The Hall–Kier alpha value is -3.13. The second-order valence-electron chi connectivity index (χ2n) is 6.36. The molecule has 158 valence electrons. The first kappa shape index (κ1) is 21.6. The number of hydrogen-bond donors (Lipinski definition) is 0. The molecule has 3 aromatic rings. The number of nitrogens with zero attached hydrogens (tertiary/aromatic N) is 1. The molecule has 3 rings (SSSR count). The van der Waals surface area contributed by atoms with E-state index in [0.717, 1.165) is 0 Å². The Bertz CT molecular complexity index is 1110. The van der Waals surface area contributed by atoms with Crippen LogP contribution in [0.2, 0.25) is 5.02 Å². The minimum atomic E-state index is -2.96. The third kappa shape index (κ3) is 4.09. The molecule has 1 heterocycles. The van der Waals surface area contributed by atoms with E-state index in [1.807, 2.05) is 0 Å². The summed E-state index contributed by atoms with van der Waals surface area (Å²) in [5.74, 6) is -0.548. The highest BCUT2D eigenvalue weighted by atomic mass is 35.5. The van der Waals surface area contributed by atoms with E-state index in [4.69, 9.17) is 21.1 Å². The normalized spacial score (nSPS) is 11.0. The maximum absolute atomic E-state index is 13.2. The monoisotopic (exact) mass is 437 g/mol. The number of carbonyl (C=O) groups excluding carboxylic acids is 2. The van der Waals surface area contributed by atoms with Gasteiger partial charge in [0.05, 0.1) is 31.2 Å². The molecule has 1 aromatic heterocycles.